The first kappa shape index (κ1) is 15.7. The van der Waals surface area contributed by atoms with E-state index in [-0.39, 0.29) is 17.8 Å². The van der Waals surface area contributed by atoms with Gasteiger partial charge in [0.1, 0.15) is 5.82 Å². The van der Waals surface area contributed by atoms with Gasteiger partial charge in [-0.2, -0.15) is 0 Å². The molecule has 4 heteroatoms. The van der Waals surface area contributed by atoms with E-state index in [0.717, 1.165) is 30.6 Å². The van der Waals surface area contributed by atoms with Crippen LogP contribution in [0.5, 0.6) is 0 Å². The lowest BCUT2D eigenvalue weighted by Gasteiger charge is -2.24. The van der Waals surface area contributed by atoms with Crippen molar-refractivity contribution in [2.24, 2.45) is 0 Å². The van der Waals surface area contributed by atoms with Crippen LogP contribution in [0.3, 0.4) is 0 Å². The molecule has 1 heterocycles. The van der Waals surface area contributed by atoms with Crippen LogP contribution >= 0.6 is 0 Å². The lowest BCUT2D eigenvalue weighted by Crippen LogP contribution is -2.32. The summed E-state index contributed by atoms with van der Waals surface area (Å²) >= 11 is 0. The second kappa shape index (κ2) is 6.92. The van der Waals surface area contributed by atoms with Crippen LogP contribution in [0.25, 0.3) is 0 Å². The van der Waals surface area contributed by atoms with Gasteiger partial charge in [0.25, 0.3) is 0 Å². The maximum absolute atomic E-state index is 13.1. The molecule has 1 fully saturated rings. The zero-order chi connectivity index (χ0) is 16.2. The third-order valence-electron chi connectivity index (χ3n) is 4.30. The number of nitrogens with zero attached hydrogens (tertiary/aromatic N) is 1. The van der Waals surface area contributed by atoms with E-state index in [4.69, 9.17) is 0 Å². The van der Waals surface area contributed by atoms with Crippen LogP contribution in [0.4, 0.5) is 10.1 Å². The number of hydrogen-bond donors (Lipinski definition) is 1. The molecule has 1 aliphatic heterocycles. The van der Waals surface area contributed by atoms with E-state index in [9.17, 15) is 9.18 Å². The Balaban J connectivity index is 1.62. The topological polar surface area (TPSA) is 32.3 Å². The Morgan fingerprint density at radius 2 is 1.87 bits per heavy atom. The van der Waals surface area contributed by atoms with Crippen molar-refractivity contribution in [2.75, 3.05) is 18.4 Å². The number of carbonyl (C=O) groups excluding carboxylic acids is 1. The molecular formula is C19H21FN2O. The zero-order valence-corrected chi connectivity index (χ0v) is 13.3. The molecule has 1 amide bonds. The van der Waals surface area contributed by atoms with E-state index in [1.54, 1.807) is 0 Å². The van der Waals surface area contributed by atoms with Crippen LogP contribution in [-0.2, 0) is 4.79 Å². The Bertz CT molecular complexity index is 667. The molecule has 0 aliphatic carbocycles. The smallest absolute Gasteiger partial charge is 0.238 e. The average Bonchev–Trinajstić information content (AvgIpc) is 2.98. The maximum atomic E-state index is 13.1. The number of carbonyl (C=O) groups is 1. The van der Waals surface area contributed by atoms with Crippen LogP contribution in [0.2, 0.25) is 0 Å². The molecule has 0 saturated carbocycles. The minimum atomic E-state index is -0.226. The summed E-state index contributed by atoms with van der Waals surface area (Å²) in [5.74, 6) is -0.238. The van der Waals surface area contributed by atoms with Gasteiger partial charge >= 0.3 is 0 Å². The zero-order valence-electron chi connectivity index (χ0n) is 13.3. The van der Waals surface area contributed by atoms with E-state index >= 15 is 0 Å². The molecule has 0 aromatic heterocycles. The molecule has 0 spiro atoms. The van der Waals surface area contributed by atoms with Crippen LogP contribution < -0.4 is 5.32 Å². The van der Waals surface area contributed by atoms with E-state index in [0.29, 0.717) is 6.54 Å². The summed E-state index contributed by atoms with van der Waals surface area (Å²) in [6.07, 6.45) is 2.06. The van der Waals surface area contributed by atoms with Gasteiger partial charge in [0.15, 0.2) is 0 Å². The number of benzene rings is 2. The van der Waals surface area contributed by atoms with Gasteiger partial charge in [0, 0.05) is 11.7 Å². The molecule has 0 radical (unpaired) electrons. The largest absolute Gasteiger partial charge is 0.325 e. The van der Waals surface area contributed by atoms with Crippen molar-refractivity contribution in [3.05, 3.63) is 65.5 Å². The number of rotatable bonds is 4. The fraction of sp³-hybridized carbons (Fsp3) is 0.316. The van der Waals surface area contributed by atoms with E-state index in [1.165, 1.54) is 17.7 Å². The minimum Gasteiger partial charge on any atom is -0.325 e. The normalized spacial score (nSPS) is 18.1. The van der Waals surface area contributed by atoms with Crippen LogP contribution in [0, 0.1) is 12.7 Å². The van der Waals surface area contributed by atoms with Gasteiger partial charge in [-0.1, -0.05) is 29.8 Å². The average molecular weight is 312 g/mol. The van der Waals surface area contributed by atoms with Crippen LogP contribution in [-0.4, -0.2) is 23.9 Å². The number of halogens is 1. The van der Waals surface area contributed by atoms with Crippen molar-refractivity contribution in [2.45, 2.75) is 25.8 Å². The second-order valence-electron chi connectivity index (χ2n) is 6.09. The predicted octanol–water partition coefficient (Wildman–Crippen LogP) is 3.91. The highest BCUT2D eigenvalue weighted by molar-refractivity contribution is 5.92. The van der Waals surface area contributed by atoms with E-state index in [2.05, 4.69) is 10.2 Å². The number of likely N-dealkylation sites (tertiary alicyclic amines) is 1. The highest BCUT2D eigenvalue weighted by Crippen LogP contribution is 2.31. The van der Waals surface area contributed by atoms with Gasteiger partial charge in [0.2, 0.25) is 5.91 Å². The van der Waals surface area contributed by atoms with Crippen molar-refractivity contribution >= 4 is 11.6 Å². The Morgan fingerprint density at radius 1 is 1.17 bits per heavy atom. The molecule has 1 N–H and O–H groups in total. The minimum absolute atomic E-state index is 0.0112. The summed E-state index contributed by atoms with van der Waals surface area (Å²) in [5, 5.41) is 2.94. The number of nitrogens with one attached hydrogen (secondary N) is 1. The van der Waals surface area contributed by atoms with Crippen LogP contribution in [0.15, 0.2) is 48.5 Å². The van der Waals surface area contributed by atoms with Crippen molar-refractivity contribution in [1.82, 2.24) is 4.90 Å². The molecule has 1 aliphatic rings. The third-order valence-corrected chi connectivity index (χ3v) is 4.30. The van der Waals surface area contributed by atoms with Crippen LogP contribution in [0.1, 0.15) is 30.0 Å². The molecule has 3 nitrogen and oxygen atoms in total. The molecule has 1 saturated heterocycles. The monoisotopic (exact) mass is 312 g/mol. The molecule has 2 aromatic carbocycles. The molecule has 2 aromatic rings. The maximum Gasteiger partial charge on any atom is 0.238 e. The number of aryl methyl sites for hydroxylation is 1. The molecule has 120 valence electrons. The number of anilines is 1. The lowest BCUT2D eigenvalue weighted by atomic mass is 10.0. The first-order valence-corrected chi connectivity index (χ1v) is 7.98. The summed E-state index contributed by atoms with van der Waals surface area (Å²) in [5.41, 5.74) is 3.06. The van der Waals surface area contributed by atoms with E-state index in [1.807, 2.05) is 43.3 Å². The summed E-state index contributed by atoms with van der Waals surface area (Å²) in [4.78, 5) is 14.4. The van der Waals surface area contributed by atoms with Crippen molar-refractivity contribution in [3.8, 4) is 0 Å². The first-order chi connectivity index (χ1) is 11.1. The van der Waals surface area contributed by atoms with Crippen molar-refractivity contribution < 1.29 is 9.18 Å². The Labute approximate surface area is 136 Å². The highest BCUT2D eigenvalue weighted by Gasteiger charge is 2.27. The van der Waals surface area contributed by atoms with Gasteiger partial charge in [0.05, 0.1) is 6.54 Å². The van der Waals surface area contributed by atoms with E-state index < -0.39 is 0 Å². The Kier molecular flexibility index (Phi) is 4.72. The first-order valence-electron chi connectivity index (χ1n) is 7.98. The van der Waals surface area contributed by atoms with Crippen molar-refractivity contribution in [1.29, 1.82) is 0 Å². The molecule has 3 rings (SSSR count). The van der Waals surface area contributed by atoms with Gasteiger partial charge in [-0.15, -0.1) is 0 Å². The van der Waals surface area contributed by atoms with Gasteiger partial charge in [-0.05, 0) is 56.1 Å². The highest BCUT2D eigenvalue weighted by atomic mass is 19.1. The molecular weight excluding hydrogens is 291 g/mol. The number of hydrogen-bond acceptors (Lipinski definition) is 2. The fourth-order valence-electron chi connectivity index (χ4n) is 3.10. The van der Waals surface area contributed by atoms with Gasteiger partial charge in [-0.3, -0.25) is 9.69 Å². The Morgan fingerprint density at radius 3 is 2.57 bits per heavy atom. The molecule has 0 unspecified atom stereocenters. The lowest BCUT2D eigenvalue weighted by molar-refractivity contribution is -0.117. The molecule has 1 atom stereocenters. The predicted molar refractivity (Wildman–Crippen MR) is 89.8 cm³/mol. The summed E-state index contributed by atoms with van der Waals surface area (Å²) in [6.45, 7) is 3.27. The Hall–Kier alpha value is -2.20. The quantitative estimate of drug-likeness (QED) is 0.928. The molecule has 0 bridgehead atoms. The standard InChI is InChI=1S/C19H21FN2O/c1-14-4-10-17(11-5-14)21-19(23)13-22-12-2-3-18(22)15-6-8-16(20)9-7-15/h4-11,18H,2-3,12-13H2,1H3,(H,21,23)/t18-/m0/s1. The van der Waals surface area contributed by atoms with Gasteiger partial charge < -0.3 is 5.32 Å². The second-order valence-corrected chi connectivity index (χ2v) is 6.09. The summed E-state index contributed by atoms with van der Waals surface area (Å²) < 4.78 is 13.1. The third kappa shape index (κ3) is 3.96. The van der Waals surface area contributed by atoms with Gasteiger partial charge in [-0.25, -0.2) is 4.39 Å². The summed E-state index contributed by atoms with van der Waals surface area (Å²) in [6, 6.07) is 14.6. The molecule has 23 heavy (non-hydrogen) atoms. The number of amides is 1. The SMILES string of the molecule is Cc1ccc(NC(=O)CN2CCC[C@H]2c2ccc(F)cc2)cc1. The summed E-state index contributed by atoms with van der Waals surface area (Å²) in [7, 11) is 0. The van der Waals surface area contributed by atoms with Crippen molar-refractivity contribution in [3.63, 3.8) is 0 Å². The fourth-order valence-corrected chi connectivity index (χ4v) is 3.10.